The summed E-state index contributed by atoms with van der Waals surface area (Å²) in [4.78, 5) is 12.2. The van der Waals surface area contributed by atoms with E-state index in [0.29, 0.717) is 6.54 Å². The van der Waals surface area contributed by atoms with Crippen molar-refractivity contribution in [2.24, 2.45) is 10.8 Å². The van der Waals surface area contributed by atoms with Crippen LogP contribution in [0.5, 0.6) is 0 Å². The van der Waals surface area contributed by atoms with Crippen LogP contribution in [0.2, 0.25) is 0 Å². The third-order valence-electron chi connectivity index (χ3n) is 3.82. The first-order valence-corrected chi connectivity index (χ1v) is 7.59. The zero-order chi connectivity index (χ0) is 13.8. The van der Waals surface area contributed by atoms with Crippen LogP contribution in [0.4, 0.5) is 0 Å². The van der Waals surface area contributed by atoms with Gasteiger partial charge < -0.3 is 5.32 Å². The van der Waals surface area contributed by atoms with Crippen molar-refractivity contribution in [1.82, 2.24) is 5.32 Å². The van der Waals surface area contributed by atoms with Crippen LogP contribution in [0.25, 0.3) is 0 Å². The Hall–Kier alpha value is -0.240. The third-order valence-corrected chi connectivity index (χ3v) is 4.13. The topological polar surface area (TPSA) is 29.1 Å². The Kier molecular flexibility index (Phi) is 5.51. The van der Waals surface area contributed by atoms with E-state index in [2.05, 4.69) is 33.0 Å². The second kappa shape index (κ2) is 6.27. The Morgan fingerprint density at radius 3 is 2.33 bits per heavy atom. The molecule has 1 amide bonds. The summed E-state index contributed by atoms with van der Waals surface area (Å²) in [6.45, 7) is 9.20. The lowest BCUT2D eigenvalue weighted by molar-refractivity contribution is -0.131. The Balaban J connectivity index is 2.36. The first-order valence-electron chi connectivity index (χ1n) is 7.15. The van der Waals surface area contributed by atoms with Gasteiger partial charge >= 0.3 is 0 Å². The molecule has 1 aliphatic rings. The van der Waals surface area contributed by atoms with Gasteiger partial charge in [-0.3, -0.25) is 4.79 Å². The van der Waals surface area contributed by atoms with Gasteiger partial charge in [0.1, 0.15) is 0 Å². The number of hydrogen-bond acceptors (Lipinski definition) is 1. The molecule has 0 aromatic heterocycles. The summed E-state index contributed by atoms with van der Waals surface area (Å²) in [6, 6.07) is 0. The van der Waals surface area contributed by atoms with Gasteiger partial charge in [-0.15, -0.1) is 11.6 Å². The molecule has 1 rings (SSSR count). The summed E-state index contributed by atoms with van der Waals surface area (Å²) in [5.74, 6) is 0.196. The summed E-state index contributed by atoms with van der Waals surface area (Å²) in [5.41, 5.74) is 0.0580. The summed E-state index contributed by atoms with van der Waals surface area (Å²) in [7, 11) is 0. The first-order chi connectivity index (χ1) is 8.23. The second-order valence-corrected chi connectivity index (χ2v) is 7.81. The van der Waals surface area contributed by atoms with E-state index in [-0.39, 0.29) is 22.1 Å². The van der Waals surface area contributed by atoms with Gasteiger partial charge in [-0.25, -0.2) is 0 Å². The lowest BCUT2D eigenvalue weighted by Gasteiger charge is -2.32. The Bertz CT molecular complexity index is 277. The standard InChI is InChI=1S/C15H28ClNO/c1-14(2,3)10-12(16)11-17-13(18)15(4)8-6-5-7-9-15/h12H,5-11H2,1-4H3,(H,17,18). The van der Waals surface area contributed by atoms with Gasteiger partial charge in [0.15, 0.2) is 0 Å². The number of alkyl halides is 1. The Morgan fingerprint density at radius 2 is 1.83 bits per heavy atom. The van der Waals surface area contributed by atoms with E-state index in [1.807, 2.05) is 0 Å². The molecule has 1 unspecified atom stereocenters. The van der Waals surface area contributed by atoms with E-state index >= 15 is 0 Å². The van der Waals surface area contributed by atoms with Crippen LogP contribution in [0.3, 0.4) is 0 Å². The summed E-state index contributed by atoms with van der Waals surface area (Å²) in [6.07, 6.45) is 6.58. The number of carbonyl (C=O) groups excluding carboxylic acids is 1. The molecule has 1 N–H and O–H groups in total. The van der Waals surface area contributed by atoms with Crippen molar-refractivity contribution in [1.29, 1.82) is 0 Å². The van der Waals surface area contributed by atoms with Crippen LogP contribution in [-0.2, 0) is 4.79 Å². The van der Waals surface area contributed by atoms with Crippen molar-refractivity contribution in [3.8, 4) is 0 Å². The normalized spacial score (nSPS) is 21.4. The average molecular weight is 274 g/mol. The molecule has 1 atom stereocenters. The average Bonchev–Trinajstić information content (AvgIpc) is 2.24. The maximum atomic E-state index is 12.2. The van der Waals surface area contributed by atoms with Gasteiger partial charge in [-0.1, -0.05) is 47.0 Å². The second-order valence-electron chi connectivity index (χ2n) is 7.19. The predicted octanol–water partition coefficient (Wildman–Crippen LogP) is 4.12. The quantitative estimate of drug-likeness (QED) is 0.767. The number of amides is 1. The molecule has 18 heavy (non-hydrogen) atoms. The van der Waals surface area contributed by atoms with Crippen LogP contribution < -0.4 is 5.32 Å². The fourth-order valence-electron chi connectivity index (χ4n) is 2.71. The van der Waals surface area contributed by atoms with Gasteiger partial charge in [-0.05, 0) is 24.7 Å². The molecule has 0 saturated heterocycles. The van der Waals surface area contributed by atoms with Crippen molar-refractivity contribution in [2.75, 3.05) is 6.54 Å². The lowest BCUT2D eigenvalue weighted by atomic mass is 9.75. The summed E-state index contributed by atoms with van der Waals surface area (Å²) < 4.78 is 0. The van der Waals surface area contributed by atoms with Crippen molar-refractivity contribution in [2.45, 2.75) is 71.6 Å². The molecule has 3 heteroatoms. The minimum atomic E-state index is -0.156. The summed E-state index contributed by atoms with van der Waals surface area (Å²) in [5, 5.41) is 3.07. The van der Waals surface area contributed by atoms with Gasteiger partial charge in [0.05, 0.1) is 5.38 Å². The van der Waals surface area contributed by atoms with Gasteiger partial charge in [0.25, 0.3) is 0 Å². The van der Waals surface area contributed by atoms with Gasteiger partial charge in [-0.2, -0.15) is 0 Å². The van der Waals surface area contributed by atoms with E-state index in [4.69, 9.17) is 11.6 Å². The highest BCUT2D eigenvalue weighted by atomic mass is 35.5. The molecule has 0 aliphatic heterocycles. The smallest absolute Gasteiger partial charge is 0.225 e. The minimum absolute atomic E-state index is 0.0288. The first kappa shape index (κ1) is 15.8. The van der Waals surface area contributed by atoms with Crippen LogP contribution in [0, 0.1) is 10.8 Å². The van der Waals surface area contributed by atoms with Crippen molar-refractivity contribution >= 4 is 17.5 Å². The van der Waals surface area contributed by atoms with Crippen molar-refractivity contribution in [3.63, 3.8) is 0 Å². The minimum Gasteiger partial charge on any atom is -0.354 e. The molecule has 0 bridgehead atoms. The number of nitrogens with one attached hydrogen (secondary N) is 1. The lowest BCUT2D eigenvalue weighted by Crippen LogP contribution is -2.42. The van der Waals surface area contributed by atoms with E-state index in [1.54, 1.807) is 0 Å². The molecule has 0 heterocycles. The van der Waals surface area contributed by atoms with Crippen LogP contribution >= 0.6 is 11.6 Å². The van der Waals surface area contributed by atoms with Crippen LogP contribution in [0.15, 0.2) is 0 Å². The number of carbonyl (C=O) groups is 1. The molecule has 0 aromatic carbocycles. The molecule has 0 radical (unpaired) electrons. The van der Waals surface area contributed by atoms with Crippen LogP contribution in [-0.4, -0.2) is 17.8 Å². The highest BCUT2D eigenvalue weighted by Crippen LogP contribution is 2.35. The number of halogens is 1. The van der Waals surface area contributed by atoms with Gasteiger partial charge in [0.2, 0.25) is 5.91 Å². The van der Waals surface area contributed by atoms with Crippen molar-refractivity contribution in [3.05, 3.63) is 0 Å². The molecule has 106 valence electrons. The molecule has 1 saturated carbocycles. The number of rotatable bonds is 4. The zero-order valence-corrected chi connectivity index (χ0v) is 13.1. The molecular weight excluding hydrogens is 246 g/mol. The SMILES string of the molecule is CC(C)(C)CC(Cl)CNC(=O)C1(C)CCCCC1. The van der Waals surface area contributed by atoms with E-state index in [0.717, 1.165) is 19.3 Å². The molecular formula is C15H28ClNO. The highest BCUT2D eigenvalue weighted by molar-refractivity contribution is 6.20. The molecule has 1 aliphatic carbocycles. The largest absolute Gasteiger partial charge is 0.354 e. The molecule has 0 spiro atoms. The fraction of sp³-hybridized carbons (Fsp3) is 0.933. The molecule has 1 fully saturated rings. The fourth-order valence-corrected chi connectivity index (χ4v) is 3.25. The Morgan fingerprint density at radius 1 is 1.28 bits per heavy atom. The Labute approximate surface area is 117 Å². The number of hydrogen-bond donors (Lipinski definition) is 1. The summed E-state index contributed by atoms with van der Waals surface area (Å²) >= 11 is 6.28. The predicted molar refractivity (Wildman–Crippen MR) is 77.9 cm³/mol. The third kappa shape index (κ3) is 5.17. The van der Waals surface area contributed by atoms with Crippen molar-refractivity contribution < 1.29 is 4.79 Å². The maximum absolute atomic E-state index is 12.2. The molecule has 0 aromatic rings. The van der Waals surface area contributed by atoms with E-state index in [9.17, 15) is 4.79 Å². The zero-order valence-electron chi connectivity index (χ0n) is 12.3. The van der Waals surface area contributed by atoms with E-state index in [1.165, 1.54) is 19.3 Å². The maximum Gasteiger partial charge on any atom is 0.225 e. The highest BCUT2D eigenvalue weighted by Gasteiger charge is 2.34. The van der Waals surface area contributed by atoms with E-state index < -0.39 is 0 Å². The molecule has 2 nitrogen and oxygen atoms in total. The monoisotopic (exact) mass is 273 g/mol. The van der Waals surface area contributed by atoms with Crippen LogP contribution in [0.1, 0.15) is 66.2 Å². The van der Waals surface area contributed by atoms with Gasteiger partial charge in [0, 0.05) is 12.0 Å².